The minimum absolute atomic E-state index is 0.270. The van der Waals surface area contributed by atoms with Gasteiger partial charge in [-0.05, 0) is 18.6 Å². The molecule has 126 valence electrons. The molecule has 23 heavy (non-hydrogen) atoms. The lowest BCUT2D eigenvalue weighted by Gasteiger charge is -2.29. The van der Waals surface area contributed by atoms with Gasteiger partial charge < -0.3 is 9.47 Å². The van der Waals surface area contributed by atoms with Crippen molar-refractivity contribution < 1.29 is 9.47 Å². The SMILES string of the molecule is CCCCCCCCC[C@H]1CO[C@H](c2ccc(C#N)cc2)OC1. The van der Waals surface area contributed by atoms with Crippen LogP contribution in [0.3, 0.4) is 0 Å². The van der Waals surface area contributed by atoms with Crippen LogP contribution in [0.2, 0.25) is 0 Å². The van der Waals surface area contributed by atoms with Crippen molar-refractivity contribution in [2.24, 2.45) is 5.92 Å². The summed E-state index contributed by atoms with van der Waals surface area (Å²) < 4.78 is 11.7. The average Bonchev–Trinajstić information content (AvgIpc) is 2.61. The maximum Gasteiger partial charge on any atom is 0.183 e. The molecule has 1 heterocycles. The van der Waals surface area contributed by atoms with Gasteiger partial charge in [0.05, 0.1) is 24.8 Å². The van der Waals surface area contributed by atoms with E-state index in [4.69, 9.17) is 14.7 Å². The number of nitrogens with zero attached hydrogens (tertiary/aromatic N) is 1. The molecule has 2 rings (SSSR count). The standard InChI is InChI=1S/C20H29NO2/c1-2-3-4-5-6-7-8-9-18-15-22-20(23-16-18)19-12-10-17(14-21)11-13-19/h10-13,18,20H,2-9,15-16H2,1H3/t18-,20-. The third-order valence-electron chi connectivity index (χ3n) is 4.49. The lowest BCUT2D eigenvalue weighted by molar-refractivity contribution is -0.206. The first kappa shape index (κ1) is 18.0. The van der Waals surface area contributed by atoms with Gasteiger partial charge in [0.25, 0.3) is 0 Å². The zero-order valence-corrected chi connectivity index (χ0v) is 14.3. The van der Waals surface area contributed by atoms with Crippen LogP contribution in [-0.4, -0.2) is 13.2 Å². The monoisotopic (exact) mass is 315 g/mol. The van der Waals surface area contributed by atoms with Crippen molar-refractivity contribution in [3.05, 3.63) is 35.4 Å². The van der Waals surface area contributed by atoms with Crippen LogP contribution in [-0.2, 0) is 9.47 Å². The molecule has 0 saturated carbocycles. The molecule has 1 saturated heterocycles. The molecule has 1 aromatic rings. The first-order chi connectivity index (χ1) is 11.3. The first-order valence-electron chi connectivity index (χ1n) is 9.06. The van der Waals surface area contributed by atoms with Gasteiger partial charge in [-0.1, -0.05) is 64.0 Å². The molecule has 1 aliphatic rings. The Kier molecular flexibility index (Phi) is 8.14. The molecular formula is C20H29NO2. The molecule has 0 unspecified atom stereocenters. The number of nitriles is 1. The Morgan fingerprint density at radius 2 is 1.57 bits per heavy atom. The van der Waals surface area contributed by atoms with Crippen LogP contribution in [0, 0.1) is 17.2 Å². The minimum Gasteiger partial charge on any atom is -0.348 e. The molecule has 3 nitrogen and oxygen atoms in total. The lowest BCUT2D eigenvalue weighted by Crippen LogP contribution is -2.27. The maximum absolute atomic E-state index is 8.82. The molecule has 1 aromatic carbocycles. The second-order valence-corrected chi connectivity index (χ2v) is 6.51. The fraction of sp³-hybridized carbons (Fsp3) is 0.650. The van der Waals surface area contributed by atoms with Crippen molar-refractivity contribution in [3.8, 4) is 6.07 Å². The molecule has 1 fully saturated rings. The third-order valence-corrected chi connectivity index (χ3v) is 4.49. The maximum atomic E-state index is 8.82. The van der Waals surface area contributed by atoms with Gasteiger partial charge in [0.2, 0.25) is 0 Å². The van der Waals surface area contributed by atoms with Gasteiger partial charge in [0, 0.05) is 11.5 Å². The zero-order valence-electron chi connectivity index (χ0n) is 14.3. The summed E-state index contributed by atoms with van der Waals surface area (Å²) in [7, 11) is 0. The summed E-state index contributed by atoms with van der Waals surface area (Å²) in [6.45, 7) is 3.81. The van der Waals surface area contributed by atoms with Crippen LogP contribution in [0.25, 0.3) is 0 Å². The predicted molar refractivity (Wildman–Crippen MR) is 91.9 cm³/mol. The molecule has 0 amide bonds. The molecule has 0 bridgehead atoms. The van der Waals surface area contributed by atoms with Crippen LogP contribution in [0.1, 0.15) is 75.7 Å². The number of hydrogen-bond donors (Lipinski definition) is 0. The predicted octanol–water partition coefficient (Wildman–Crippen LogP) is 5.36. The van der Waals surface area contributed by atoms with Crippen LogP contribution in [0.5, 0.6) is 0 Å². The Hall–Kier alpha value is -1.37. The van der Waals surface area contributed by atoms with Crippen molar-refractivity contribution in [1.82, 2.24) is 0 Å². The van der Waals surface area contributed by atoms with E-state index in [1.54, 1.807) is 0 Å². The van der Waals surface area contributed by atoms with Gasteiger partial charge in [-0.25, -0.2) is 0 Å². The lowest BCUT2D eigenvalue weighted by atomic mass is 10.0. The van der Waals surface area contributed by atoms with Gasteiger partial charge in [-0.2, -0.15) is 5.26 Å². The highest BCUT2D eigenvalue weighted by Crippen LogP contribution is 2.27. The Balaban J connectivity index is 1.59. The van der Waals surface area contributed by atoms with Crippen LogP contribution < -0.4 is 0 Å². The van der Waals surface area contributed by atoms with E-state index in [1.807, 2.05) is 24.3 Å². The Labute approximate surface area is 140 Å². The van der Waals surface area contributed by atoms with E-state index < -0.39 is 0 Å². The molecule has 0 spiro atoms. The van der Waals surface area contributed by atoms with Crippen molar-refractivity contribution in [2.75, 3.05) is 13.2 Å². The molecule has 0 aliphatic carbocycles. The largest absolute Gasteiger partial charge is 0.348 e. The van der Waals surface area contributed by atoms with Gasteiger partial charge in [0.15, 0.2) is 6.29 Å². The first-order valence-corrected chi connectivity index (χ1v) is 9.06. The summed E-state index contributed by atoms with van der Waals surface area (Å²) >= 11 is 0. The van der Waals surface area contributed by atoms with Crippen LogP contribution in [0.4, 0.5) is 0 Å². The summed E-state index contributed by atoms with van der Waals surface area (Å²) in [6.07, 6.45) is 10.4. The van der Waals surface area contributed by atoms with E-state index in [9.17, 15) is 0 Å². The number of benzene rings is 1. The Morgan fingerprint density at radius 1 is 0.957 bits per heavy atom. The highest BCUT2D eigenvalue weighted by molar-refractivity contribution is 5.32. The molecule has 1 aliphatic heterocycles. The summed E-state index contributed by atoms with van der Waals surface area (Å²) in [5, 5.41) is 8.82. The van der Waals surface area contributed by atoms with Crippen molar-refractivity contribution in [2.45, 2.75) is 64.6 Å². The summed E-state index contributed by atoms with van der Waals surface area (Å²) in [6, 6.07) is 9.58. The van der Waals surface area contributed by atoms with Crippen molar-refractivity contribution >= 4 is 0 Å². The zero-order chi connectivity index (χ0) is 16.3. The number of rotatable bonds is 9. The van der Waals surface area contributed by atoms with E-state index in [-0.39, 0.29) is 6.29 Å². The molecular weight excluding hydrogens is 286 g/mol. The summed E-state index contributed by atoms with van der Waals surface area (Å²) in [5.74, 6) is 0.528. The van der Waals surface area contributed by atoms with E-state index in [0.717, 1.165) is 18.8 Å². The van der Waals surface area contributed by atoms with E-state index >= 15 is 0 Å². The molecule has 3 heteroatoms. The summed E-state index contributed by atoms with van der Waals surface area (Å²) in [4.78, 5) is 0. The number of hydrogen-bond acceptors (Lipinski definition) is 3. The second kappa shape index (κ2) is 10.4. The van der Waals surface area contributed by atoms with E-state index in [0.29, 0.717) is 11.5 Å². The fourth-order valence-electron chi connectivity index (χ4n) is 3.01. The highest BCUT2D eigenvalue weighted by atomic mass is 16.7. The number of unbranched alkanes of at least 4 members (excludes halogenated alkanes) is 6. The van der Waals surface area contributed by atoms with E-state index in [1.165, 1.54) is 51.4 Å². The molecule has 0 atom stereocenters. The van der Waals surface area contributed by atoms with Gasteiger partial charge in [-0.15, -0.1) is 0 Å². The Bertz CT molecular complexity index is 469. The smallest absolute Gasteiger partial charge is 0.183 e. The third kappa shape index (κ3) is 6.33. The normalized spacial score (nSPS) is 21.0. The van der Waals surface area contributed by atoms with Gasteiger partial charge in [-0.3, -0.25) is 0 Å². The average molecular weight is 315 g/mol. The number of ether oxygens (including phenoxy) is 2. The van der Waals surface area contributed by atoms with Gasteiger partial charge in [0.1, 0.15) is 0 Å². The summed E-state index contributed by atoms with van der Waals surface area (Å²) in [5.41, 5.74) is 1.67. The van der Waals surface area contributed by atoms with Gasteiger partial charge >= 0.3 is 0 Å². The topological polar surface area (TPSA) is 42.2 Å². The van der Waals surface area contributed by atoms with E-state index in [2.05, 4.69) is 13.0 Å². The minimum atomic E-state index is -0.270. The Morgan fingerprint density at radius 3 is 2.17 bits per heavy atom. The second-order valence-electron chi connectivity index (χ2n) is 6.51. The molecule has 0 N–H and O–H groups in total. The van der Waals surface area contributed by atoms with Crippen LogP contribution >= 0.6 is 0 Å². The van der Waals surface area contributed by atoms with Crippen molar-refractivity contribution in [3.63, 3.8) is 0 Å². The highest BCUT2D eigenvalue weighted by Gasteiger charge is 2.23. The quantitative estimate of drug-likeness (QED) is 0.576. The van der Waals surface area contributed by atoms with Crippen molar-refractivity contribution in [1.29, 1.82) is 5.26 Å². The molecule has 0 radical (unpaired) electrons. The van der Waals surface area contributed by atoms with Crippen LogP contribution in [0.15, 0.2) is 24.3 Å². The molecule has 0 aromatic heterocycles. The fourth-order valence-corrected chi connectivity index (χ4v) is 3.01.